The molecule has 0 unspecified atom stereocenters. The molecular formula is C21H24N2O2S. The first-order valence-electron chi connectivity index (χ1n) is 9.03. The zero-order valence-electron chi connectivity index (χ0n) is 15.3. The van der Waals surface area contributed by atoms with Crippen LogP contribution < -0.4 is 0 Å². The summed E-state index contributed by atoms with van der Waals surface area (Å²) in [7, 11) is 1.89. The molecule has 0 aliphatic carbocycles. The lowest BCUT2D eigenvalue weighted by Gasteiger charge is -2.21. The van der Waals surface area contributed by atoms with Crippen LogP contribution in [-0.4, -0.2) is 35.2 Å². The van der Waals surface area contributed by atoms with Crippen LogP contribution in [-0.2, 0) is 16.1 Å². The minimum atomic E-state index is -0.173. The molecule has 0 N–H and O–H groups in total. The summed E-state index contributed by atoms with van der Waals surface area (Å²) in [5.74, 6) is -0.337. The van der Waals surface area contributed by atoms with Crippen LogP contribution in [0.3, 0.4) is 0 Å². The maximum absolute atomic E-state index is 13.1. The number of rotatable bonds is 8. The minimum Gasteiger partial charge on any atom is -0.365 e. The second kappa shape index (κ2) is 8.32. The third-order valence-electron chi connectivity index (χ3n) is 4.54. The van der Waals surface area contributed by atoms with Crippen LogP contribution in [0.5, 0.6) is 0 Å². The lowest BCUT2D eigenvalue weighted by atomic mass is 10.1. The van der Waals surface area contributed by atoms with Gasteiger partial charge in [-0.2, -0.15) is 0 Å². The molecular weight excluding hydrogens is 344 g/mol. The van der Waals surface area contributed by atoms with Crippen molar-refractivity contribution in [1.82, 2.24) is 9.80 Å². The standard InChI is InChI=1S/C21H24N2O2S/c1-3-4-8-13-23-20(24)18(17-12-9-14-26-17)19(21(23)25)22(2)15-16-10-6-5-7-11-16/h5-7,9-12,14H,3-4,8,13,15H2,1-2H3. The molecule has 1 aromatic carbocycles. The van der Waals surface area contributed by atoms with Gasteiger partial charge in [-0.3, -0.25) is 14.5 Å². The van der Waals surface area contributed by atoms with Gasteiger partial charge in [-0.1, -0.05) is 56.2 Å². The average molecular weight is 369 g/mol. The van der Waals surface area contributed by atoms with E-state index in [1.807, 2.05) is 59.8 Å². The van der Waals surface area contributed by atoms with Crippen LogP contribution in [0.25, 0.3) is 5.57 Å². The van der Waals surface area contributed by atoms with Gasteiger partial charge in [-0.05, 0) is 23.4 Å². The van der Waals surface area contributed by atoms with E-state index in [2.05, 4.69) is 6.92 Å². The van der Waals surface area contributed by atoms with Gasteiger partial charge in [-0.25, -0.2) is 0 Å². The molecule has 0 saturated carbocycles. The first-order chi connectivity index (χ1) is 12.6. The smallest absolute Gasteiger partial charge is 0.277 e. The van der Waals surface area contributed by atoms with Gasteiger partial charge in [0.2, 0.25) is 0 Å². The van der Waals surface area contributed by atoms with Crippen molar-refractivity contribution in [2.75, 3.05) is 13.6 Å². The molecule has 0 fully saturated rings. The molecule has 136 valence electrons. The summed E-state index contributed by atoms with van der Waals surface area (Å²) in [6.07, 6.45) is 2.92. The Morgan fingerprint density at radius 1 is 1.00 bits per heavy atom. The molecule has 2 heterocycles. The highest BCUT2D eigenvalue weighted by molar-refractivity contribution is 7.11. The van der Waals surface area contributed by atoms with Crippen molar-refractivity contribution in [1.29, 1.82) is 0 Å². The predicted octanol–water partition coefficient (Wildman–Crippen LogP) is 4.15. The fraction of sp³-hybridized carbons (Fsp3) is 0.333. The number of hydrogen-bond donors (Lipinski definition) is 0. The van der Waals surface area contributed by atoms with Crippen molar-refractivity contribution in [2.24, 2.45) is 0 Å². The zero-order chi connectivity index (χ0) is 18.5. The maximum Gasteiger partial charge on any atom is 0.277 e. The number of hydrogen-bond acceptors (Lipinski definition) is 4. The monoisotopic (exact) mass is 368 g/mol. The van der Waals surface area contributed by atoms with Gasteiger partial charge >= 0.3 is 0 Å². The van der Waals surface area contributed by atoms with E-state index in [1.165, 1.54) is 16.2 Å². The second-order valence-corrected chi connectivity index (χ2v) is 7.46. The van der Waals surface area contributed by atoms with Crippen molar-refractivity contribution in [2.45, 2.75) is 32.7 Å². The number of benzene rings is 1. The Bertz CT molecular complexity index is 797. The van der Waals surface area contributed by atoms with Crippen molar-refractivity contribution < 1.29 is 9.59 Å². The molecule has 0 spiro atoms. The lowest BCUT2D eigenvalue weighted by Crippen LogP contribution is -2.34. The van der Waals surface area contributed by atoms with E-state index in [4.69, 9.17) is 0 Å². The van der Waals surface area contributed by atoms with Crippen LogP contribution in [0.4, 0.5) is 0 Å². The van der Waals surface area contributed by atoms with Crippen molar-refractivity contribution >= 4 is 28.7 Å². The summed E-state index contributed by atoms with van der Waals surface area (Å²) >= 11 is 1.50. The van der Waals surface area contributed by atoms with E-state index in [1.54, 1.807) is 0 Å². The number of carbonyl (C=O) groups excluding carboxylic acids is 2. The second-order valence-electron chi connectivity index (χ2n) is 6.51. The summed E-state index contributed by atoms with van der Waals surface area (Å²) in [6.45, 7) is 3.19. The Kier molecular flexibility index (Phi) is 5.89. The summed E-state index contributed by atoms with van der Waals surface area (Å²) in [6, 6.07) is 13.8. The highest BCUT2D eigenvalue weighted by Crippen LogP contribution is 2.34. The molecule has 26 heavy (non-hydrogen) atoms. The Balaban J connectivity index is 1.91. The van der Waals surface area contributed by atoms with Crippen LogP contribution in [0.1, 0.15) is 36.6 Å². The number of carbonyl (C=O) groups is 2. The zero-order valence-corrected chi connectivity index (χ0v) is 16.1. The quantitative estimate of drug-likeness (QED) is 0.519. The number of nitrogens with zero attached hydrogens (tertiary/aromatic N) is 2. The fourth-order valence-electron chi connectivity index (χ4n) is 3.22. The SMILES string of the molecule is CCCCCN1C(=O)C(c2cccs2)=C(N(C)Cc2ccccc2)C1=O. The molecule has 1 aliphatic rings. The van der Waals surface area contributed by atoms with E-state index >= 15 is 0 Å². The topological polar surface area (TPSA) is 40.6 Å². The van der Waals surface area contributed by atoms with Gasteiger partial charge in [-0.15, -0.1) is 11.3 Å². The maximum atomic E-state index is 13.1. The van der Waals surface area contributed by atoms with Crippen molar-refractivity contribution in [3.05, 3.63) is 64.0 Å². The summed E-state index contributed by atoms with van der Waals surface area (Å²) in [4.78, 5) is 30.2. The van der Waals surface area contributed by atoms with E-state index in [-0.39, 0.29) is 11.8 Å². The van der Waals surface area contributed by atoms with Gasteiger partial charge in [0.1, 0.15) is 5.70 Å². The Hall–Kier alpha value is -2.40. The van der Waals surface area contributed by atoms with Crippen LogP contribution >= 0.6 is 11.3 Å². The van der Waals surface area contributed by atoms with E-state index in [0.717, 1.165) is 29.7 Å². The molecule has 4 nitrogen and oxygen atoms in total. The Morgan fingerprint density at radius 2 is 1.77 bits per heavy atom. The van der Waals surface area contributed by atoms with E-state index in [0.29, 0.717) is 24.4 Å². The number of thiophene rings is 1. The molecule has 5 heteroatoms. The van der Waals surface area contributed by atoms with Crippen molar-refractivity contribution in [3.63, 3.8) is 0 Å². The van der Waals surface area contributed by atoms with E-state index in [9.17, 15) is 9.59 Å². The van der Waals surface area contributed by atoms with Crippen LogP contribution in [0, 0.1) is 0 Å². The molecule has 2 amide bonds. The highest BCUT2D eigenvalue weighted by atomic mass is 32.1. The highest BCUT2D eigenvalue weighted by Gasteiger charge is 2.40. The van der Waals surface area contributed by atoms with Gasteiger partial charge in [0.25, 0.3) is 11.8 Å². The molecule has 0 radical (unpaired) electrons. The molecule has 0 atom stereocenters. The van der Waals surface area contributed by atoms with Gasteiger partial charge < -0.3 is 4.90 Å². The average Bonchev–Trinajstić information content (AvgIpc) is 3.24. The summed E-state index contributed by atoms with van der Waals surface area (Å²) in [5, 5.41) is 1.94. The largest absolute Gasteiger partial charge is 0.365 e. The molecule has 0 saturated heterocycles. The number of imide groups is 1. The predicted molar refractivity (Wildman–Crippen MR) is 105 cm³/mol. The first kappa shape index (κ1) is 18.4. The minimum absolute atomic E-state index is 0.163. The summed E-state index contributed by atoms with van der Waals surface area (Å²) in [5.41, 5.74) is 2.16. The first-order valence-corrected chi connectivity index (χ1v) is 9.90. The number of unbranched alkanes of at least 4 members (excludes halogenated alkanes) is 2. The Labute approximate surface area is 158 Å². The molecule has 1 aliphatic heterocycles. The molecule has 0 bridgehead atoms. The third-order valence-corrected chi connectivity index (χ3v) is 5.43. The normalized spacial score (nSPS) is 14.5. The van der Waals surface area contributed by atoms with Gasteiger partial charge in [0.05, 0.1) is 5.57 Å². The summed E-state index contributed by atoms with van der Waals surface area (Å²) < 4.78 is 0. The van der Waals surface area contributed by atoms with Crippen LogP contribution in [0.15, 0.2) is 53.5 Å². The molecule has 1 aromatic heterocycles. The van der Waals surface area contributed by atoms with Crippen molar-refractivity contribution in [3.8, 4) is 0 Å². The van der Waals surface area contributed by atoms with Gasteiger partial charge in [0.15, 0.2) is 0 Å². The van der Waals surface area contributed by atoms with E-state index < -0.39 is 0 Å². The third kappa shape index (κ3) is 3.73. The molecule has 2 aromatic rings. The molecule has 3 rings (SSSR count). The van der Waals surface area contributed by atoms with Crippen LogP contribution in [0.2, 0.25) is 0 Å². The number of amides is 2. The van der Waals surface area contributed by atoms with Gasteiger partial charge in [0, 0.05) is 25.0 Å². The Morgan fingerprint density at radius 3 is 2.42 bits per heavy atom. The fourth-order valence-corrected chi connectivity index (χ4v) is 3.98. The lowest BCUT2D eigenvalue weighted by molar-refractivity contribution is -0.137. The number of likely N-dealkylation sites (N-methyl/N-ethyl adjacent to an activating group) is 1.